The van der Waals surface area contributed by atoms with E-state index in [0.29, 0.717) is 18.4 Å². The highest BCUT2D eigenvalue weighted by atomic mass is 32.2. The van der Waals surface area contributed by atoms with Crippen LogP contribution in [0.2, 0.25) is 0 Å². The van der Waals surface area contributed by atoms with Gasteiger partial charge in [0.05, 0.1) is 16.0 Å². The monoisotopic (exact) mass is 445 g/mol. The SMILES string of the molecule is Cc1ccc(S(=O)(=O)NC(N)=NC(C)(C)CCC(C)(C)OC(=O)c2ccccc2)cc1. The van der Waals surface area contributed by atoms with Crippen molar-refractivity contribution in [3.05, 3.63) is 65.7 Å². The predicted octanol–water partition coefficient (Wildman–Crippen LogP) is 3.78. The molecule has 0 bridgehead atoms. The summed E-state index contributed by atoms with van der Waals surface area (Å²) in [5, 5.41) is 0. The van der Waals surface area contributed by atoms with Gasteiger partial charge in [-0.25, -0.2) is 22.9 Å². The van der Waals surface area contributed by atoms with E-state index in [-0.39, 0.29) is 10.9 Å². The van der Waals surface area contributed by atoms with Crippen LogP contribution in [0.15, 0.2) is 64.5 Å². The van der Waals surface area contributed by atoms with E-state index in [9.17, 15) is 13.2 Å². The Bertz CT molecular complexity index is 1030. The summed E-state index contributed by atoms with van der Waals surface area (Å²) in [7, 11) is -3.81. The van der Waals surface area contributed by atoms with Crippen molar-refractivity contribution in [1.82, 2.24) is 4.72 Å². The first-order valence-corrected chi connectivity index (χ1v) is 11.5. The van der Waals surface area contributed by atoms with Gasteiger partial charge in [0.1, 0.15) is 5.60 Å². The zero-order chi connectivity index (χ0) is 23.3. The Morgan fingerprint density at radius 1 is 1.00 bits per heavy atom. The number of aryl methyl sites for hydroxylation is 1. The normalized spacial score (nSPS) is 13.0. The summed E-state index contributed by atoms with van der Waals surface area (Å²) in [6.45, 7) is 9.22. The molecule has 0 aliphatic heterocycles. The van der Waals surface area contributed by atoms with Gasteiger partial charge in [-0.05, 0) is 71.7 Å². The molecule has 0 fully saturated rings. The van der Waals surface area contributed by atoms with Crippen LogP contribution < -0.4 is 10.5 Å². The molecule has 0 spiro atoms. The number of carbonyl (C=O) groups excluding carboxylic acids is 1. The van der Waals surface area contributed by atoms with Crippen molar-refractivity contribution >= 4 is 22.0 Å². The topological polar surface area (TPSA) is 111 Å². The fourth-order valence-electron chi connectivity index (χ4n) is 2.86. The van der Waals surface area contributed by atoms with Crippen LogP contribution in [0.3, 0.4) is 0 Å². The fraction of sp³-hybridized carbons (Fsp3) is 0.391. The van der Waals surface area contributed by atoms with Crippen molar-refractivity contribution in [1.29, 1.82) is 0 Å². The molecule has 0 radical (unpaired) electrons. The Balaban J connectivity index is 1.99. The molecule has 7 nitrogen and oxygen atoms in total. The van der Waals surface area contributed by atoms with Crippen LogP contribution in [0.25, 0.3) is 0 Å². The Kier molecular flexibility index (Phi) is 7.49. The smallest absolute Gasteiger partial charge is 0.338 e. The molecule has 0 saturated carbocycles. The van der Waals surface area contributed by atoms with Crippen LogP contribution in [0.5, 0.6) is 0 Å². The standard InChI is InChI=1S/C23H31N3O4S/c1-17-11-13-19(14-12-17)31(28,29)26-21(24)25-22(2,3)15-16-23(4,5)30-20(27)18-9-7-6-8-10-18/h6-14H,15-16H2,1-5H3,(H3,24,25,26). The molecule has 168 valence electrons. The Morgan fingerprint density at radius 2 is 1.58 bits per heavy atom. The summed E-state index contributed by atoms with van der Waals surface area (Å²) in [6, 6.07) is 15.2. The number of nitrogens with zero attached hydrogens (tertiary/aromatic N) is 1. The van der Waals surface area contributed by atoms with E-state index in [1.807, 2.05) is 40.7 Å². The molecule has 31 heavy (non-hydrogen) atoms. The minimum absolute atomic E-state index is 0.114. The third kappa shape index (κ3) is 7.71. The van der Waals surface area contributed by atoms with Gasteiger partial charge in [-0.15, -0.1) is 0 Å². The van der Waals surface area contributed by atoms with Crippen LogP contribution >= 0.6 is 0 Å². The number of nitrogens with two attached hydrogens (primary N) is 1. The number of benzene rings is 2. The molecule has 2 rings (SSSR count). The van der Waals surface area contributed by atoms with E-state index < -0.39 is 27.1 Å². The maximum Gasteiger partial charge on any atom is 0.338 e. The first-order chi connectivity index (χ1) is 14.3. The van der Waals surface area contributed by atoms with E-state index in [1.165, 1.54) is 12.1 Å². The van der Waals surface area contributed by atoms with Crippen LogP contribution in [0.4, 0.5) is 0 Å². The highest BCUT2D eigenvalue weighted by Gasteiger charge is 2.28. The molecule has 2 aromatic carbocycles. The molecule has 0 amide bonds. The quantitative estimate of drug-likeness (QED) is 0.365. The van der Waals surface area contributed by atoms with Crippen molar-refractivity contribution < 1.29 is 17.9 Å². The molecule has 0 atom stereocenters. The number of hydrogen-bond acceptors (Lipinski definition) is 5. The van der Waals surface area contributed by atoms with E-state index >= 15 is 0 Å². The molecular weight excluding hydrogens is 414 g/mol. The minimum atomic E-state index is -3.81. The second kappa shape index (κ2) is 9.51. The lowest BCUT2D eigenvalue weighted by atomic mass is 9.92. The van der Waals surface area contributed by atoms with Crippen molar-refractivity contribution in [2.75, 3.05) is 0 Å². The minimum Gasteiger partial charge on any atom is -0.456 e. The number of hydrogen-bond donors (Lipinski definition) is 2. The zero-order valence-electron chi connectivity index (χ0n) is 18.7. The highest BCUT2D eigenvalue weighted by molar-refractivity contribution is 7.90. The summed E-state index contributed by atoms with van der Waals surface area (Å²) in [4.78, 5) is 16.8. The van der Waals surface area contributed by atoms with Gasteiger partial charge in [0, 0.05) is 0 Å². The number of esters is 1. The van der Waals surface area contributed by atoms with E-state index in [0.717, 1.165) is 5.56 Å². The maximum absolute atomic E-state index is 12.5. The van der Waals surface area contributed by atoms with Gasteiger partial charge in [0.25, 0.3) is 10.0 Å². The molecule has 0 saturated heterocycles. The van der Waals surface area contributed by atoms with Crippen LogP contribution in [-0.4, -0.2) is 31.5 Å². The number of sulfonamides is 1. The Hall–Kier alpha value is -2.87. The number of aliphatic imine (C=N–C) groups is 1. The average molecular weight is 446 g/mol. The van der Waals surface area contributed by atoms with Gasteiger partial charge >= 0.3 is 5.97 Å². The zero-order valence-corrected chi connectivity index (χ0v) is 19.5. The van der Waals surface area contributed by atoms with E-state index in [2.05, 4.69) is 9.71 Å². The summed E-state index contributed by atoms with van der Waals surface area (Å²) in [5.41, 5.74) is 5.93. The third-order valence-corrected chi connectivity index (χ3v) is 6.08. The summed E-state index contributed by atoms with van der Waals surface area (Å²) in [5.74, 6) is -0.582. The molecule has 0 heterocycles. The van der Waals surface area contributed by atoms with Gasteiger partial charge in [-0.3, -0.25) is 0 Å². The first-order valence-electron chi connectivity index (χ1n) is 10.0. The van der Waals surface area contributed by atoms with Gasteiger partial charge in [0.2, 0.25) is 5.96 Å². The molecule has 0 aliphatic carbocycles. The van der Waals surface area contributed by atoms with E-state index in [4.69, 9.17) is 10.5 Å². The summed E-state index contributed by atoms with van der Waals surface area (Å²) < 4.78 is 32.9. The number of ether oxygens (including phenoxy) is 1. The lowest BCUT2D eigenvalue weighted by Crippen LogP contribution is -2.39. The maximum atomic E-state index is 12.5. The van der Waals surface area contributed by atoms with Gasteiger partial charge in [-0.2, -0.15) is 0 Å². The van der Waals surface area contributed by atoms with Gasteiger partial charge in [-0.1, -0.05) is 35.9 Å². The molecular formula is C23H31N3O4S. The molecule has 0 aliphatic rings. The Labute approximate surface area is 184 Å². The van der Waals surface area contributed by atoms with Crippen molar-refractivity contribution in [2.24, 2.45) is 10.7 Å². The lowest BCUT2D eigenvalue weighted by Gasteiger charge is -2.29. The fourth-order valence-corrected chi connectivity index (χ4v) is 3.79. The van der Waals surface area contributed by atoms with Crippen molar-refractivity contribution in [3.63, 3.8) is 0 Å². The predicted molar refractivity (Wildman–Crippen MR) is 122 cm³/mol. The molecule has 0 unspecified atom stereocenters. The van der Waals surface area contributed by atoms with Gasteiger partial charge < -0.3 is 10.5 Å². The summed E-state index contributed by atoms with van der Waals surface area (Å²) in [6.07, 6.45) is 1.04. The molecule has 2 aromatic rings. The second-order valence-electron chi connectivity index (χ2n) is 8.74. The van der Waals surface area contributed by atoms with Gasteiger partial charge in [0.15, 0.2) is 0 Å². The number of guanidine groups is 1. The summed E-state index contributed by atoms with van der Waals surface area (Å²) >= 11 is 0. The lowest BCUT2D eigenvalue weighted by molar-refractivity contribution is -0.00715. The first kappa shape index (κ1) is 24.4. The van der Waals surface area contributed by atoms with Crippen molar-refractivity contribution in [2.45, 2.75) is 63.5 Å². The van der Waals surface area contributed by atoms with Crippen molar-refractivity contribution in [3.8, 4) is 0 Å². The number of carbonyl (C=O) groups is 1. The molecule has 0 aromatic heterocycles. The van der Waals surface area contributed by atoms with Crippen LogP contribution in [0, 0.1) is 6.92 Å². The average Bonchev–Trinajstić information content (AvgIpc) is 2.66. The number of rotatable bonds is 8. The Morgan fingerprint density at radius 3 is 2.16 bits per heavy atom. The van der Waals surface area contributed by atoms with Crippen LogP contribution in [0.1, 0.15) is 56.5 Å². The highest BCUT2D eigenvalue weighted by Crippen LogP contribution is 2.26. The van der Waals surface area contributed by atoms with E-state index in [1.54, 1.807) is 36.4 Å². The largest absolute Gasteiger partial charge is 0.456 e. The van der Waals surface area contributed by atoms with Crippen LogP contribution in [-0.2, 0) is 14.8 Å². The third-order valence-electron chi connectivity index (χ3n) is 4.71. The molecule has 3 N–H and O–H groups in total. The number of nitrogens with one attached hydrogen (secondary N) is 1. The molecule has 8 heteroatoms. The second-order valence-corrected chi connectivity index (χ2v) is 10.4.